The number of carbonyl (C=O) groups excluding carboxylic acids is 1. The number of benzene rings is 3. The zero-order valence-electron chi connectivity index (χ0n) is 19.6. The molecule has 0 bridgehead atoms. The van der Waals surface area contributed by atoms with E-state index < -0.39 is 0 Å². The topological polar surface area (TPSA) is 58.2 Å². The van der Waals surface area contributed by atoms with Crippen molar-refractivity contribution in [2.45, 2.75) is 32.2 Å². The van der Waals surface area contributed by atoms with E-state index in [1.54, 1.807) is 6.07 Å². The largest absolute Gasteiger partial charge is 0.493 e. The molecule has 5 nitrogen and oxygen atoms in total. The number of ketones is 1. The van der Waals surface area contributed by atoms with Crippen molar-refractivity contribution in [2.24, 2.45) is 5.92 Å². The summed E-state index contributed by atoms with van der Waals surface area (Å²) in [5.74, 6) is 1.21. The Balaban J connectivity index is 1.18. The molecule has 1 fully saturated rings. The van der Waals surface area contributed by atoms with Crippen LogP contribution >= 0.6 is 0 Å². The van der Waals surface area contributed by atoms with Gasteiger partial charge in [-0.25, -0.2) is 4.39 Å². The Kier molecular flexibility index (Phi) is 5.82. The number of ether oxygens (including phenoxy) is 1. The van der Waals surface area contributed by atoms with Crippen LogP contribution in [0.1, 0.15) is 40.7 Å². The molecule has 0 spiro atoms. The highest BCUT2D eigenvalue weighted by molar-refractivity contribution is 6.02. The van der Waals surface area contributed by atoms with Crippen LogP contribution < -0.4 is 4.74 Å². The normalized spacial score (nSPS) is 17.9. The Hall–Kier alpha value is -3.51. The predicted molar refractivity (Wildman–Crippen MR) is 134 cm³/mol. The maximum atomic E-state index is 14.1. The van der Waals surface area contributed by atoms with Gasteiger partial charge in [0.15, 0.2) is 5.78 Å². The van der Waals surface area contributed by atoms with Crippen LogP contribution in [0, 0.1) is 11.7 Å². The average molecular weight is 470 g/mol. The lowest BCUT2D eigenvalue weighted by atomic mass is 9.90. The first-order valence-electron chi connectivity index (χ1n) is 12.4. The molecule has 6 rings (SSSR count). The summed E-state index contributed by atoms with van der Waals surface area (Å²) in [5.41, 5.74) is 5.44. The number of hydrogen-bond donors (Lipinski definition) is 1. The highest BCUT2D eigenvalue weighted by atomic mass is 19.1. The second-order valence-electron chi connectivity index (χ2n) is 9.72. The SMILES string of the molecule is O=C(CC1CCCN(Cc2ccccc2F)C1)c1ccc2[nH]nc(-c3ccc4c(c3)CCO4)c2c1. The van der Waals surface area contributed by atoms with Crippen molar-refractivity contribution >= 4 is 16.7 Å². The van der Waals surface area contributed by atoms with E-state index in [2.05, 4.69) is 21.2 Å². The Morgan fingerprint density at radius 1 is 1.14 bits per heavy atom. The summed E-state index contributed by atoms with van der Waals surface area (Å²) in [5, 5.41) is 8.61. The summed E-state index contributed by atoms with van der Waals surface area (Å²) in [6.45, 7) is 3.07. The average Bonchev–Trinajstić information content (AvgIpc) is 3.51. The molecular weight excluding hydrogens is 441 g/mol. The molecule has 1 aromatic heterocycles. The number of likely N-dealkylation sites (tertiary alicyclic amines) is 1. The van der Waals surface area contributed by atoms with E-state index in [9.17, 15) is 9.18 Å². The summed E-state index contributed by atoms with van der Waals surface area (Å²) < 4.78 is 19.7. The molecule has 178 valence electrons. The maximum absolute atomic E-state index is 14.1. The molecule has 0 saturated carbocycles. The Morgan fingerprint density at radius 3 is 2.97 bits per heavy atom. The predicted octanol–water partition coefficient (Wildman–Crippen LogP) is 5.79. The standard InChI is InChI=1S/C29H28FN3O2/c30-25-6-2-1-5-23(25)18-33-12-3-4-19(17-33)14-27(34)20-7-9-26-24(16-20)29(32-31-26)22-8-10-28-21(15-22)11-13-35-28/h1-2,5-10,15-16,19H,3-4,11-14,17-18H2,(H,31,32). The minimum Gasteiger partial charge on any atom is -0.493 e. The lowest BCUT2D eigenvalue weighted by Crippen LogP contribution is -2.36. The molecule has 3 heterocycles. The van der Waals surface area contributed by atoms with Gasteiger partial charge in [0, 0.05) is 48.0 Å². The van der Waals surface area contributed by atoms with Crippen LogP contribution in [0.25, 0.3) is 22.2 Å². The van der Waals surface area contributed by atoms with Gasteiger partial charge < -0.3 is 4.74 Å². The number of H-pyrrole nitrogens is 1. The van der Waals surface area contributed by atoms with Crippen molar-refractivity contribution in [3.05, 3.63) is 83.2 Å². The minimum atomic E-state index is -0.161. The zero-order chi connectivity index (χ0) is 23.8. The van der Waals surface area contributed by atoms with E-state index in [4.69, 9.17) is 4.74 Å². The third-order valence-corrected chi connectivity index (χ3v) is 7.28. The van der Waals surface area contributed by atoms with Crippen molar-refractivity contribution < 1.29 is 13.9 Å². The number of fused-ring (bicyclic) bond motifs is 2. The number of Topliss-reactive ketones (excluding diaryl/α,β-unsaturated/α-hetero) is 1. The lowest BCUT2D eigenvalue weighted by molar-refractivity contribution is 0.0912. The van der Waals surface area contributed by atoms with Gasteiger partial charge in [0.05, 0.1) is 17.8 Å². The molecule has 2 aliphatic heterocycles. The number of piperidine rings is 1. The molecule has 1 atom stereocenters. The molecule has 1 saturated heterocycles. The molecule has 0 aliphatic carbocycles. The third-order valence-electron chi connectivity index (χ3n) is 7.28. The fourth-order valence-electron chi connectivity index (χ4n) is 5.45. The van der Waals surface area contributed by atoms with Crippen LogP contribution in [0.4, 0.5) is 4.39 Å². The Morgan fingerprint density at radius 2 is 2.06 bits per heavy atom. The molecule has 1 N–H and O–H groups in total. The van der Waals surface area contributed by atoms with Gasteiger partial charge in [0.1, 0.15) is 11.6 Å². The number of aromatic nitrogens is 2. The summed E-state index contributed by atoms with van der Waals surface area (Å²) >= 11 is 0. The number of aromatic amines is 1. The maximum Gasteiger partial charge on any atom is 0.163 e. The highest BCUT2D eigenvalue weighted by Crippen LogP contribution is 2.33. The second-order valence-corrected chi connectivity index (χ2v) is 9.72. The van der Waals surface area contributed by atoms with Crippen LogP contribution in [0.3, 0.4) is 0 Å². The van der Waals surface area contributed by atoms with Gasteiger partial charge in [-0.2, -0.15) is 5.10 Å². The third kappa shape index (κ3) is 4.46. The van der Waals surface area contributed by atoms with E-state index in [1.807, 2.05) is 42.5 Å². The van der Waals surface area contributed by atoms with Crippen molar-refractivity contribution in [1.82, 2.24) is 15.1 Å². The smallest absolute Gasteiger partial charge is 0.163 e. The monoisotopic (exact) mass is 469 g/mol. The van der Waals surface area contributed by atoms with Gasteiger partial charge in [-0.3, -0.25) is 14.8 Å². The van der Waals surface area contributed by atoms with E-state index in [0.29, 0.717) is 13.0 Å². The molecule has 6 heteroatoms. The number of nitrogens with one attached hydrogen (secondary N) is 1. The van der Waals surface area contributed by atoms with Crippen LogP contribution in [0.5, 0.6) is 5.75 Å². The van der Waals surface area contributed by atoms with Crippen molar-refractivity contribution in [2.75, 3.05) is 19.7 Å². The fourth-order valence-corrected chi connectivity index (χ4v) is 5.45. The summed E-state index contributed by atoms with van der Waals surface area (Å²) in [7, 11) is 0. The van der Waals surface area contributed by atoms with Crippen LogP contribution in [0.15, 0.2) is 60.7 Å². The molecule has 1 unspecified atom stereocenters. The van der Waals surface area contributed by atoms with Gasteiger partial charge in [0.25, 0.3) is 0 Å². The molecule has 2 aliphatic rings. The first-order valence-corrected chi connectivity index (χ1v) is 12.4. The van der Waals surface area contributed by atoms with Crippen molar-refractivity contribution in [3.63, 3.8) is 0 Å². The van der Waals surface area contributed by atoms with Gasteiger partial charge in [-0.05, 0) is 73.3 Å². The summed E-state index contributed by atoms with van der Waals surface area (Å²) in [6.07, 6.45) is 3.46. The molecule has 0 radical (unpaired) electrons. The molecule has 0 amide bonds. The first kappa shape index (κ1) is 22.0. The Bertz CT molecular complexity index is 1400. The van der Waals surface area contributed by atoms with E-state index in [1.165, 1.54) is 11.6 Å². The number of hydrogen-bond acceptors (Lipinski definition) is 4. The van der Waals surface area contributed by atoms with Crippen LogP contribution in [-0.2, 0) is 13.0 Å². The molecule has 4 aromatic rings. The highest BCUT2D eigenvalue weighted by Gasteiger charge is 2.24. The lowest BCUT2D eigenvalue weighted by Gasteiger charge is -2.32. The van der Waals surface area contributed by atoms with Crippen LogP contribution in [-0.4, -0.2) is 40.6 Å². The zero-order valence-corrected chi connectivity index (χ0v) is 19.6. The fraction of sp³-hybridized carbons (Fsp3) is 0.310. The van der Waals surface area contributed by atoms with Crippen LogP contribution in [0.2, 0.25) is 0 Å². The van der Waals surface area contributed by atoms with Gasteiger partial charge >= 0.3 is 0 Å². The molecular formula is C29H28FN3O2. The van der Waals surface area contributed by atoms with Gasteiger partial charge in [-0.1, -0.05) is 18.2 Å². The summed E-state index contributed by atoms with van der Waals surface area (Å²) in [6, 6.07) is 18.9. The van der Waals surface area contributed by atoms with E-state index in [0.717, 1.165) is 78.0 Å². The molecule has 3 aromatic carbocycles. The Labute approximate surface area is 203 Å². The number of rotatable bonds is 6. The van der Waals surface area contributed by atoms with Crippen molar-refractivity contribution in [3.8, 4) is 17.0 Å². The van der Waals surface area contributed by atoms with Crippen molar-refractivity contribution in [1.29, 1.82) is 0 Å². The number of halogens is 1. The number of nitrogens with zero attached hydrogens (tertiary/aromatic N) is 2. The van der Waals surface area contributed by atoms with Gasteiger partial charge in [0.2, 0.25) is 0 Å². The van der Waals surface area contributed by atoms with Gasteiger partial charge in [-0.15, -0.1) is 0 Å². The number of carbonyl (C=O) groups is 1. The quantitative estimate of drug-likeness (QED) is 0.363. The second kappa shape index (κ2) is 9.27. The van der Waals surface area contributed by atoms with E-state index in [-0.39, 0.29) is 17.5 Å². The first-order chi connectivity index (χ1) is 17.1. The molecule has 35 heavy (non-hydrogen) atoms. The minimum absolute atomic E-state index is 0.152. The van der Waals surface area contributed by atoms with E-state index >= 15 is 0 Å². The summed E-state index contributed by atoms with van der Waals surface area (Å²) in [4.78, 5) is 15.5.